The van der Waals surface area contributed by atoms with E-state index in [1.54, 1.807) is 0 Å². The molecule has 2 atom stereocenters. The van der Waals surface area contributed by atoms with E-state index in [-0.39, 0.29) is 11.3 Å². The third kappa shape index (κ3) is 3.41. The molecule has 0 spiro atoms. The van der Waals surface area contributed by atoms with Gasteiger partial charge in [0.2, 0.25) is 5.91 Å². The summed E-state index contributed by atoms with van der Waals surface area (Å²) in [7, 11) is 0. The number of thioether (sulfide) groups is 1. The summed E-state index contributed by atoms with van der Waals surface area (Å²) < 4.78 is 5.45. The molecule has 0 aromatic heterocycles. The molecule has 2 unspecified atom stereocenters. The van der Waals surface area contributed by atoms with Crippen molar-refractivity contribution in [3.05, 3.63) is 0 Å². The topological polar surface area (TPSA) is 38.3 Å². The fourth-order valence-corrected chi connectivity index (χ4v) is 3.54. The van der Waals surface area contributed by atoms with Crippen molar-refractivity contribution >= 4 is 17.7 Å². The Morgan fingerprint density at radius 2 is 2.22 bits per heavy atom. The lowest BCUT2D eigenvalue weighted by atomic mass is 9.94. The first kappa shape index (κ1) is 14.2. The standard InChI is InChI=1S/C14H25NO2S/c1-3-17-10-14(7-8-14)13(16)15-11-5-4-6-12(9-11)18-2/h11-12H,3-10H2,1-2H3,(H,15,16). The summed E-state index contributed by atoms with van der Waals surface area (Å²) in [5.41, 5.74) is -0.178. The van der Waals surface area contributed by atoms with E-state index < -0.39 is 0 Å². The van der Waals surface area contributed by atoms with Crippen molar-refractivity contribution in [3.8, 4) is 0 Å². The van der Waals surface area contributed by atoms with E-state index in [0.717, 1.165) is 30.9 Å². The summed E-state index contributed by atoms with van der Waals surface area (Å²) in [5.74, 6) is 0.239. The predicted octanol–water partition coefficient (Wildman–Crippen LogP) is 2.59. The van der Waals surface area contributed by atoms with Crippen molar-refractivity contribution in [2.75, 3.05) is 19.5 Å². The van der Waals surface area contributed by atoms with Crippen LogP contribution in [0.5, 0.6) is 0 Å². The Bertz CT molecular complexity index is 292. The normalized spacial score (nSPS) is 29.9. The highest BCUT2D eigenvalue weighted by Crippen LogP contribution is 2.46. The first-order valence-corrected chi connectivity index (χ1v) is 8.40. The van der Waals surface area contributed by atoms with E-state index in [4.69, 9.17) is 4.74 Å². The molecule has 4 heteroatoms. The number of amides is 1. The van der Waals surface area contributed by atoms with Gasteiger partial charge in [-0.15, -0.1) is 0 Å². The van der Waals surface area contributed by atoms with Gasteiger partial charge in [0.15, 0.2) is 0 Å². The largest absolute Gasteiger partial charge is 0.381 e. The van der Waals surface area contributed by atoms with Crippen molar-refractivity contribution in [1.29, 1.82) is 0 Å². The van der Waals surface area contributed by atoms with Crippen molar-refractivity contribution in [2.24, 2.45) is 5.41 Å². The van der Waals surface area contributed by atoms with Gasteiger partial charge in [0, 0.05) is 17.9 Å². The molecule has 2 aliphatic carbocycles. The highest BCUT2D eigenvalue weighted by atomic mass is 32.2. The van der Waals surface area contributed by atoms with Gasteiger partial charge in [-0.25, -0.2) is 0 Å². The Hall–Kier alpha value is -0.220. The van der Waals surface area contributed by atoms with Gasteiger partial charge in [0.25, 0.3) is 0 Å². The fourth-order valence-electron chi connectivity index (χ4n) is 2.71. The molecule has 0 aliphatic heterocycles. The number of carbonyl (C=O) groups excluding carboxylic acids is 1. The molecular formula is C14H25NO2S. The van der Waals surface area contributed by atoms with E-state index >= 15 is 0 Å². The Balaban J connectivity index is 1.80. The van der Waals surface area contributed by atoms with Gasteiger partial charge < -0.3 is 10.1 Å². The van der Waals surface area contributed by atoms with Crippen LogP contribution < -0.4 is 5.32 Å². The average Bonchev–Trinajstić information content (AvgIpc) is 3.18. The molecule has 0 radical (unpaired) electrons. The Morgan fingerprint density at radius 1 is 1.44 bits per heavy atom. The minimum Gasteiger partial charge on any atom is -0.381 e. The zero-order valence-corrected chi connectivity index (χ0v) is 12.4. The molecule has 0 bridgehead atoms. The van der Waals surface area contributed by atoms with Gasteiger partial charge in [0.1, 0.15) is 0 Å². The third-order valence-electron chi connectivity index (χ3n) is 4.21. The number of ether oxygens (including phenoxy) is 1. The lowest BCUT2D eigenvalue weighted by Crippen LogP contribution is -2.44. The SMILES string of the molecule is CCOCC1(C(=O)NC2CCCC(SC)C2)CC1. The van der Waals surface area contributed by atoms with Crippen molar-refractivity contribution in [1.82, 2.24) is 5.32 Å². The molecule has 1 N–H and O–H groups in total. The van der Waals surface area contributed by atoms with Crippen LogP contribution >= 0.6 is 11.8 Å². The van der Waals surface area contributed by atoms with Gasteiger partial charge in [-0.3, -0.25) is 4.79 Å². The molecule has 1 amide bonds. The van der Waals surface area contributed by atoms with Crippen LogP contribution in [0.3, 0.4) is 0 Å². The molecule has 2 fully saturated rings. The number of hydrogen-bond donors (Lipinski definition) is 1. The highest BCUT2D eigenvalue weighted by Gasteiger charge is 2.50. The van der Waals surface area contributed by atoms with Crippen LogP contribution in [0.1, 0.15) is 45.4 Å². The molecule has 3 nitrogen and oxygen atoms in total. The molecule has 0 aromatic rings. The second-order valence-electron chi connectivity index (χ2n) is 5.61. The van der Waals surface area contributed by atoms with Gasteiger partial charge in [0.05, 0.1) is 12.0 Å². The summed E-state index contributed by atoms with van der Waals surface area (Å²) in [4.78, 5) is 12.3. The summed E-state index contributed by atoms with van der Waals surface area (Å²) >= 11 is 1.94. The molecule has 104 valence electrons. The lowest BCUT2D eigenvalue weighted by molar-refractivity contribution is -0.129. The van der Waals surface area contributed by atoms with Crippen LogP contribution in [0, 0.1) is 5.41 Å². The molecule has 18 heavy (non-hydrogen) atoms. The quantitative estimate of drug-likeness (QED) is 0.807. The molecule has 0 heterocycles. The molecule has 2 saturated carbocycles. The Labute approximate surface area is 114 Å². The summed E-state index contributed by atoms with van der Waals surface area (Å²) in [6.45, 7) is 3.29. The van der Waals surface area contributed by atoms with E-state index in [1.807, 2.05) is 18.7 Å². The minimum atomic E-state index is -0.178. The van der Waals surface area contributed by atoms with Gasteiger partial charge in [-0.05, 0) is 45.3 Å². The van der Waals surface area contributed by atoms with Crippen LogP contribution in [-0.2, 0) is 9.53 Å². The van der Waals surface area contributed by atoms with Crippen LogP contribution in [0.25, 0.3) is 0 Å². The number of rotatable bonds is 6. The first-order valence-electron chi connectivity index (χ1n) is 7.11. The van der Waals surface area contributed by atoms with Gasteiger partial charge in [-0.1, -0.05) is 6.42 Å². The predicted molar refractivity (Wildman–Crippen MR) is 75.9 cm³/mol. The number of hydrogen-bond acceptors (Lipinski definition) is 3. The second-order valence-corrected chi connectivity index (χ2v) is 6.75. The molecular weight excluding hydrogens is 246 g/mol. The van der Waals surface area contributed by atoms with Crippen LogP contribution in [0.2, 0.25) is 0 Å². The van der Waals surface area contributed by atoms with Crippen molar-refractivity contribution in [2.45, 2.75) is 56.7 Å². The molecule has 2 rings (SSSR count). The molecule has 2 aliphatic rings. The van der Waals surface area contributed by atoms with Crippen molar-refractivity contribution in [3.63, 3.8) is 0 Å². The van der Waals surface area contributed by atoms with Crippen molar-refractivity contribution < 1.29 is 9.53 Å². The minimum absolute atomic E-state index is 0.178. The van der Waals surface area contributed by atoms with E-state index in [1.165, 1.54) is 12.8 Å². The Kier molecular flexibility index (Phi) is 4.96. The molecule has 0 aromatic carbocycles. The highest BCUT2D eigenvalue weighted by molar-refractivity contribution is 7.99. The van der Waals surface area contributed by atoms with E-state index in [0.29, 0.717) is 19.3 Å². The maximum absolute atomic E-state index is 12.3. The van der Waals surface area contributed by atoms with Crippen LogP contribution in [0.4, 0.5) is 0 Å². The maximum Gasteiger partial charge on any atom is 0.228 e. The van der Waals surface area contributed by atoms with E-state index in [2.05, 4.69) is 11.6 Å². The monoisotopic (exact) mass is 271 g/mol. The first-order chi connectivity index (χ1) is 8.70. The fraction of sp³-hybridized carbons (Fsp3) is 0.929. The van der Waals surface area contributed by atoms with Crippen LogP contribution in [0.15, 0.2) is 0 Å². The van der Waals surface area contributed by atoms with Gasteiger partial charge in [-0.2, -0.15) is 11.8 Å². The molecule has 0 saturated heterocycles. The zero-order chi connectivity index (χ0) is 13.0. The van der Waals surface area contributed by atoms with E-state index in [9.17, 15) is 4.79 Å². The number of nitrogens with one attached hydrogen (secondary N) is 1. The maximum atomic E-state index is 12.3. The second kappa shape index (κ2) is 6.29. The van der Waals surface area contributed by atoms with Gasteiger partial charge >= 0.3 is 0 Å². The summed E-state index contributed by atoms with van der Waals surface area (Å²) in [6, 6.07) is 0.391. The summed E-state index contributed by atoms with van der Waals surface area (Å²) in [6.07, 6.45) is 9.00. The van der Waals surface area contributed by atoms with Crippen LogP contribution in [-0.4, -0.2) is 36.7 Å². The zero-order valence-electron chi connectivity index (χ0n) is 11.5. The summed E-state index contributed by atoms with van der Waals surface area (Å²) in [5, 5.41) is 3.99. The third-order valence-corrected chi connectivity index (χ3v) is 5.31. The Morgan fingerprint density at radius 3 is 2.83 bits per heavy atom. The number of carbonyl (C=O) groups is 1. The lowest BCUT2D eigenvalue weighted by Gasteiger charge is -2.30. The smallest absolute Gasteiger partial charge is 0.228 e. The average molecular weight is 271 g/mol.